The maximum atomic E-state index is 12.4. The molecule has 112 valence electrons. The molecule has 0 amide bonds. The number of nitrogens with one attached hydrogen (secondary N) is 2. The Hall–Kier alpha value is -1.71. The third kappa shape index (κ3) is 3.69. The summed E-state index contributed by atoms with van der Waals surface area (Å²) in [5, 5.41) is 0. The summed E-state index contributed by atoms with van der Waals surface area (Å²) in [7, 11) is -3.86. The summed E-state index contributed by atoms with van der Waals surface area (Å²) in [5.74, 6) is 5.60. The van der Waals surface area contributed by atoms with Crippen molar-refractivity contribution in [1.82, 2.24) is 9.97 Å². The summed E-state index contributed by atoms with van der Waals surface area (Å²) < 4.78 is 27.8. The van der Waals surface area contributed by atoms with E-state index in [1.807, 2.05) is 13.0 Å². The van der Waals surface area contributed by atoms with E-state index in [1.54, 1.807) is 13.0 Å². The molecule has 2 rings (SSSR count). The molecule has 9 heteroatoms. The Bertz CT molecular complexity index is 759. The fourth-order valence-electron chi connectivity index (χ4n) is 1.82. The van der Waals surface area contributed by atoms with E-state index in [-0.39, 0.29) is 16.5 Å². The first-order valence-electron chi connectivity index (χ1n) is 5.92. The van der Waals surface area contributed by atoms with Gasteiger partial charge in [-0.15, -0.1) is 0 Å². The molecule has 0 aromatic carbocycles. The number of hydrazine groups is 1. The molecule has 0 bridgehead atoms. The van der Waals surface area contributed by atoms with Gasteiger partial charge in [0.2, 0.25) is 0 Å². The largest absolute Gasteiger partial charge is 0.307 e. The average molecular weight is 372 g/mol. The van der Waals surface area contributed by atoms with Gasteiger partial charge in [-0.2, -0.15) is 0 Å². The summed E-state index contributed by atoms with van der Waals surface area (Å²) in [6, 6.07) is 4.91. The van der Waals surface area contributed by atoms with E-state index in [2.05, 4.69) is 36.0 Å². The molecule has 2 aromatic rings. The van der Waals surface area contributed by atoms with Gasteiger partial charge in [0.05, 0.1) is 0 Å². The number of aromatic nitrogens is 2. The zero-order chi connectivity index (χ0) is 15.6. The fourth-order valence-corrected chi connectivity index (χ4v) is 3.44. The van der Waals surface area contributed by atoms with Crippen molar-refractivity contribution in [3.63, 3.8) is 0 Å². The molecule has 4 N–H and O–H groups in total. The number of nitrogens with two attached hydrogens (primary N) is 1. The molecule has 0 aliphatic heterocycles. The van der Waals surface area contributed by atoms with Gasteiger partial charge in [-0.1, -0.05) is 0 Å². The number of sulfonamides is 1. The summed E-state index contributed by atoms with van der Waals surface area (Å²) in [6.07, 6.45) is 1.45. The van der Waals surface area contributed by atoms with Gasteiger partial charge >= 0.3 is 0 Å². The third-order valence-corrected chi connectivity index (χ3v) is 4.38. The zero-order valence-corrected chi connectivity index (χ0v) is 13.8. The highest BCUT2D eigenvalue weighted by Gasteiger charge is 2.21. The molecule has 0 radical (unpaired) electrons. The van der Waals surface area contributed by atoms with Crippen molar-refractivity contribution >= 4 is 37.6 Å². The number of aryl methyl sites for hydroxylation is 2. The minimum Gasteiger partial charge on any atom is -0.307 e. The molecule has 2 heterocycles. The van der Waals surface area contributed by atoms with Crippen molar-refractivity contribution in [3.8, 4) is 0 Å². The molecule has 7 nitrogen and oxygen atoms in total. The first-order chi connectivity index (χ1) is 9.81. The van der Waals surface area contributed by atoms with Crippen molar-refractivity contribution in [2.24, 2.45) is 5.84 Å². The molecular formula is C12H14BrN5O2S. The number of nitrogen functional groups attached to an aromatic ring is 1. The number of halogens is 1. The highest BCUT2D eigenvalue weighted by molar-refractivity contribution is 9.10. The second-order valence-electron chi connectivity index (χ2n) is 4.42. The highest BCUT2D eigenvalue weighted by atomic mass is 79.9. The smallest absolute Gasteiger partial charge is 0.266 e. The SMILES string of the molecule is Cc1cc(C)nc(NS(=O)(=O)c2cc(Br)cnc2NN)c1. The van der Waals surface area contributed by atoms with E-state index in [0.717, 1.165) is 11.3 Å². The number of rotatable bonds is 4. The molecule has 0 saturated heterocycles. The van der Waals surface area contributed by atoms with Crippen LogP contribution in [0.4, 0.5) is 11.6 Å². The predicted octanol–water partition coefficient (Wildman–Crippen LogP) is 1.94. The van der Waals surface area contributed by atoms with Crippen molar-refractivity contribution < 1.29 is 8.42 Å². The van der Waals surface area contributed by atoms with E-state index in [1.165, 1.54) is 12.3 Å². The van der Waals surface area contributed by atoms with Gasteiger partial charge in [0.15, 0.2) is 5.82 Å². The Morgan fingerprint density at radius 1 is 1.24 bits per heavy atom. The van der Waals surface area contributed by atoms with Crippen LogP contribution in [0.2, 0.25) is 0 Å². The van der Waals surface area contributed by atoms with E-state index in [0.29, 0.717) is 4.47 Å². The van der Waals surface area contributed by atoms with Gasteiger partial charge in [-0.25, -0.2) is 24.2 Å². The average Bonchev–Trinajstić information content (AvgIpc) is 2.36. The maximum Gasteiger partial charge on any atom is 0.266 e. The topological polar surface area (TPSA) is 110 Å². The Labute approximate surface area is 131 Å². The van der Waals surface area contributed by atoms with Gasteiger partial charge in [-0.3, -0.25) is 4.72 Å². The third-order valence-electron chi connectivity index (χ3n) is 2.58. The molecule has 0 atom stereocenters. The Morgan fingerprint density at radius 2 is 1.95 bits per heavy atom. The predicted molar refractivity (Wildman–Crippen MR) is 84.3 cm³/mol. The van der Waals surface area contributed by atoms with E-state index < -0.39 is 10.0 Å². The summed E-state index contributed by atoms with van der Waals surface area (Å²) >= 11 is 3.19. The molecular weight excluding hydrogens is 358 g/mol. The molecule has 0 fully saturated rings. The summed E-state index contributed by atoms with van der Waals surface area (Å²) in [4.78, 5) is 8.00. The fraction of sp³-hybridized carbons (Fsp3) is 0.167. The lowest BCUT2D eigenvalue weighted by atomic mass is 10.2. The lowest BCUT2D eigenvalue weighted by Crippen LogP contribution is -2.19. The van der Waals surface area contributed by atoms with Crippen molar-refractivity contribution in [2.45, 2.75) is 18.7 Å². The molecule has 2 aromatic heterocycles. The van der Waals surface area contributed by atoms with Crippen LogP contribution >= 0.6 is 15.9 Å². The van der Waals surface area contributed by atoms with Crippen LogP contribution in [0.3, 0.4) is 0 Å². The quantitative estimate of drug-likeness (QED) is 0.559. The second kappa shape index (κ2) is 5.96. The first kappa shape index (κ1) is 15.7. The zero-order valence-electron chi connectivity index (χ0n) is 11.4. The number of hydrogen-bond acceptors (Lipinski definition) is 6. The Kier molecular flexibility index (Phi) is 4.45. The number of pyridine rings is 2. The normalized spacial score (nSPS) is 11.2. The van der Waals surface area contributed by atoms with Crippen LogP contribution in [-0.2, 0) is 10.0 Å². The van der Waals surface area contributed by atoms with Crippen LogP contribution in [-0.4, -0.2) is 18.4 Å². The highest BCUT2D eigenvalue weighted by Crippen LogP contribution is 2.24. The van der Waals surface area contributed by atoms with Crippen LogP contribution in [0.1, 0.15) is 11.3 Å². The van der Waals surface area contributed by atoms with Crippen LogP contribution in [0.15, 0.2) is 33.8 Å². The van der Waals surface area contributed by atoms with E-state index >= 15 is 0 Å². The maximum absolute atomic E-state index is 12.4. The van der Waals surface area contributed by atoms with Gasteiger partial charge in [-0.05, 0) is 53.5 Å². The van der Waals surface area contributed by atoms with Crippen molar-refractivity contribution in [2.75, 3.05) is 10.1 Å². The molecule has 0 spiro atoms. The van der Waals surface area contributed by atoms with Gasteiger partial charge < -0.3 is 5.43 Å². The molecule has 21 heavy (non-hydrogen) atoms. The van der Waals surface area contributed by atoms with E-state index in [9.17, 15) is 8.42 Å². The minimum atomic E-state index is -3.86. The van der Waals surface area contributed by atoms with Gasteiger partial charge in [0.25, 0.3) is 10.0 Å². The molecule has 0 saturated carbocycles. The van der Waals surface area contributed by atoms with E-state index in [4.69, 9.17) is 5.84 Å². The van der Waals surface area contributed by atoms with Crippen LogP contribution in [0.25, 0.3) is 0 Å². The lowest BCUT2D eigenvalue weighted by Gasteiger charge is -2.12. The number of anilines is 2. The second-order valence-corrected chi connectivity index (χ2v) is 6.99. The van der Waals surface area contributed by atoms with Crippen molar-refractivity contribution in [3.05, 3.63) is 40.1 Å². The van der Waals surface area contributed by atoms with Crippen LogP contribution in [0, 0.1) is 13.8 Å². The summed E-state index contributed by atoms with van der Waals surface area (Å²) in [6.45, 7) is 3.65. The van der Waals surface area contributed by atoms with Gasteiger partial charge in [0.1, 0.15) is 10.7 Å². The molecule has 0 aliphatic carbocycles. The monoisotopic (exact) mass is 371 g/mol. The standard InChI is InChI=1S/C12H14BrN5O2S/c1-7-3-8(2)16-11(4-7)18-21(19,20)10-5-9(13)6-15-12(10)17-14/h3-6H,14H2,1-2H3,(H,15,17)(H,16,18). The first-order valence-corrected chi connectivity index (χ1v) is 8.20. The van der Waals surface area contributed by atoms with Crippen LogP contribution < -0.4 is 16.0 Å². The van der Waals surface area contributed by atoms with Crippen molar-refractivity contribution in [1.29, 1.82) is 0 Å². The number of nitrogens with zero attached hydrogens (tertiary/aromatic N) is 2. The summed E-state index contributed by atoms with van der Waals surface area (Å²) in [5.41, 5.74) is 3.89. The molecule has 0 unspecified atom stereocenters. The van der Waals surface area contributed by atoms with Gasteiger partial charge in [0, 0.05) is 16.4 Å². The Morgan fingerprint density at radius 3 is 2.57 bits per heavy atom. The minimum absolute atomic E-state index is 0.0510. The Balaban J connectivity index is 2.45. The van der Waals surface area contributed by atoms with Crippen LogP contribution in [0.5, 0.6) is 0 Å². The number of hydrogen-bond donors (Lipinski definition) is 3. The molecule has 0 aliphatic rings. The lowest BCUT2D eigenvalue weighted by molar-refractivity contribution is 0.601.